The van der Waals surface area contributed by atoms with Crippen molar-refractivity contribution in [3.8, 4) is 34.5 Å². The number of carbonyl (C=O) groups is 1. The first kappa shape index (κ1) is 23.0. The van der Waals surface area contributed by atoms with Gasteiger partial charge in [0, 0.05) is 23.2 Å². The Morgan fingerprint density at radius 2 is 1.47 bits per heavy atom. The zero-order valence-corrected chi connectivity index (χ0v) is 18.9. The van der Waals surface area contributed by atoms with Crippen molar-refractivity contribution in [3.63, 3.8) is 0 Å². The maximum atomic E-state index is 13.0. The van der Waals surface area contributed by atoms with Crippen LogP contribution in [0.1, 0.15) is 15.9 Å². The van der Waals surface area contributed by atoms with Crippen molar-refractivity contribution < 1.29 is 28.5 Å². The van der Waals surface area contributed by atoms with Crippen LogP contribution in [0.3, 0.4) is 0 Å². The summed E-state index contributed by atoms with van der Waals surface area (Å²) >= 11 is 6.01. The molecule has 3 rings (SSSR count). The molecule has 0 radical (unpaired) electrons. The molecule has 0 aliphatic rings. The Labute approximate surface area is 191 Å². The molecular weight excluding hydrogens is 432 g/mol. The van der Waals surface area contributed by atoms with Crippen molar-refractivity contribution in [3.05, 3.63) is 76.8 Å². The summed E-state index contributed by atoms with van der Waals surface area (Å²) in [7, 11) is 6.09. The van der Waals surface area contributed by atoms with Gasteiger partial charge in [-0.2, -0.15) is 0 Å². The molecule has 0 aromatic heterocycles. The lowest BCUT2D eigenvalue weighted by Gasteiger charge is -2.16. The van der Waals surface area contributed by atoms with E-state index in [1.807, 2.05) is 12.1 Å². The molecule has 0 heterocycles. The maximum absolute atomic E-state index is 13.0. The molecule has 0 saturated heterocycles. The molecule has 6 nitrogen and oxygen atoms in total. The summed E-state index contributed by atoms with van der Waals surface area (Å²) < 4.78 is 27.5. The Hall–Kier alpha value is -3.64. The van der Waals surface area contributed by atoms with Gasteiger partial charge in [-0.15, -0.1) is 0 Å². The standard InChI is InChI=1S/C25H23ClO6/c1-28-18-9-10-20(21(27)11-8-16-6-5-7-17(26)12-16)22(13-18)32-19-14-23(29-2)25(31-4)24(15-19)30-3/h5-15H,1-4H3/b11-8+. The Kier molecular flexibility index (Phi) is 7.63. The quantitative estimate of drug-likeness (QED) is 0.289. The second-order valence-corrected chi connectivity index (χ2v) is 7.01. The van der Waals surface area contributed by atoms with Crippen LogP contribution in [0.5, 0.6) is 34.5 Å². The Balaban J connectivity index is 1.97. The third-order valence-electron chi connectivity index (χ3n) is 4.60. The van der Waals surface area contributed by atoms with E-state index in [4.69, 9.17) is 35.3 Å². The minimum Gasteiger partial charge on any atom is -0.497 e. The zero-order chi connectivity index (χ0) is 23.1. The van der Waals surface area contributed by atoms with Crippen LogP contribution in [0.15, 0.2) is 60.7 Å². The van der Waals surface area contributed by atoms with Crippen molar-refractivity contribution in [2.45, 2.75) is 0 Å². The van der Waals surface area contributed by atoms with Crippen molar-refractivity contribution >= 4 is 23.5 Å². The van der Waals surface area contributed by atoms with Gasteiger partial charge in [0.2, 0.25) is 5.75 Å². The van der Waals surface area contributed by atoms with Crippen molar-refractivity contribution in [1.29, 1.82) is 0 Å². The van der Waals surface area contributed by atoms with E-state index in [0.29, 0.717) is 45.1 Å². The van der Waals surface area contributed by atoms with Crippen LogP contribution in [0.25, 0.3) is 6.08 Å². The number of benzene rings is 3. The number of carbonyl (C=O) groups excluding carboxylic acids is 1. The SMILES string of the molecule is COc1ccc(C(=O)/C=C/c2cccc(Cl)c2)c(Oc2cc(OC)c(OC)c(OC)c2)c1. The topological polar surface area (TPSA) is 63.2 Å². The molecule has 0 unspecified atom stereocenters. The second-order valence-electron chi connectivity index (χ2n) is 6.58. The van der Waals surface area contributed by atoms with Crippen LogP contribution in [0.2, 0.25) is 5.02 Å². The van der Waals surface area contributed by atoms with Crippen LogP contribution in [-0.4, -0.2) is 34.2 Å². The molecular formula is C25H23ClO6. The van der Waals surface area contributed by atoms with Gasteiger partial charge in [-0.05, 0) is 35.9 Å². The number of allylic oxidation sites excluding steroid dienone is 1. The monoisotopic (exact) mass is 454 g/mol. The van der Waals surface area contributed by atoms with Crippen molar-refractivity contribution in [1.82, 2.24) is 0 Å². The first-order valence-electron chi connectivity index (χ1n) is 9.63. The average molecular weight is 455 g/mol. The summed E-state index contributed by atoms with van der Waals surface area (Å²) in [5.74, 6) is 2.32. The summed E-state index contributed by atoms with van der Waals surface area (Å²) in [5, 5.41) is 0.593. The molecule has 3 aromatic rings. The van der Waals surface area contributed by atoms with E-state index in [2.05, 4.69) is 0 Å². The van der Waals surface area contributed by atoms with Gasteiger partial charge >= 0.3 is 0 Å². The van der Waals surface area contributed by atoms with E-state index in [-0.39, 0.29) is 5.78 Å². The van der Waals surface area contributed by atoms with E-state index >= 15 is 0 Å². The molecule has 0 amide bonds. The lowest BCUT2D eigenvalue weighted by Crippen LogP contribution is -2.01. The summed E-state index contributed by atoms with van der Waals surface area (Å²) in [6.07, 6.45) is 3.16. The Morgan fingerprint density at radius 1 is 0.781 bits per heavy atom. The number of rotatable bonds is 9. The van der Waals surface area contributed by atoms with Gasteiger partial charge in [0.1, 0.15) is 17.2 Å². The highest BCUT2D eigenvalue weighted by Gasteiger charge is 2.17. The molecule has 0 aliphatic heterocycles. The van der Waals surface area contributed by atoms with Crippen LogP contribution in [0, 0.1) is 0 Å². The highest BCUT2D eigenvalue weighted by atomic mass is 35.5. The third kappa shape index (κ3) is 5.34. The lowest BCUT2D eigenvalue weighted by molar-refractivity contribution is 0.104. The smallest absolute Gasteiger partial charge is 0.203 e. The number of hydrogen-bond acceptors (Lipinski definition) is 6. The number of ether oxygens (including phenoxy) is 5. The second kappa shape index (κ2) is 10.6. The Morgan fingerprint density at radius 3 is 2.06 bits per heavy atom. The normalized spacial score (nSPS) is 10.7. The first-order chi connectivity index (χ1) is 15.5. The molecule has 0 N–H and O–H groups in total. The highest BCUT2D eigenvalue weighted by molar-refractivity contribution is 6.30. The molecule has 0 saturated carbocycles. The first-order valence-corrected chi connectivity index (χ1v) is 10.0. The molecule has 0 spiro atoms. The van der Waals surface area contributed by atoms with Crippen LogP contribution in [-0.2, 0) is 0 Å². The fourth-order valence-electron chi connectivity index (χ4n) is 3.03. The van der Waals surface area contributed by atoms with E-state index in [0.717, 1.165) is 5.56 Å². The molecule has 7 heteroatoms. The minimum absolute atomic E-state index is 0.241. The fraction of sp³-hybridized carbons (Fsp3) is 0.160. The van der Waals surface area contributed by atoms with Gasteiger partial charge in [-0.1, -0.05) is 29.8 Å². The van der Waals surface area contributed by atoms with Gasteiger partial charge in [0.05, 0.1) is 34.0 Å². The number of halogens is 1. The van der Waals surface area contributed by atoms with Crippen molar-refractivity contribution in [2.24, 2.45) is 0 Å². The predicted octanol–water partition coefficient (Wildman–Crippen LogP) is 6.06. The van der Waals surface area contributed by atoms with Crippen LogP contribution >= 0.6 is 11.6 Å². The van der Waals surface area contributed by atoms with Crippen LogP contribution < -0.4 is 23.7 Å². The zero-order valence-electron chi connectivity index (χ0n) is 18.2. The fourth-order valence-corrected chi connectivity index (χ4v) is 3.23. The van der Waals surface area contributed by atoms with Gasteiger partial charge in [-0.25, -0.2) is 0 Å². The third-order valence-corrected chi connectivity index (χ3v) is 4.83. The summed E-state index contributed by atoms with van der Waals surface area (Å²) in [4.78, 5) is 13.0. The summed E-state index contributed by atoms with van der Waals surface area (Å²) in [6.45, 7) is 0. The number of hydrogen-bond donors (Lipinski definition) is 0. The highest BCUT2D eigenvalue weighted by Crippen LogP contribution is 2.42. The maximum Gasteiger partial charge on any atom is 0.203 e. The molecule has 32 heavy (non-hydrogen) atoms. The van der Waals surface area contributed by atoms with E-state index in [9.17, 15) is 4.79 Å². The minimum atomic E-state index is -0.241. The van der Waals surface area contributed by atoms with Gasteiger partial charge in [0.25, 0.3) is 0 Å². The van der Waals surface area contributed by atoms with Crippen molar-refractivity contribution in [2.75, 3.05) is 28.4 Å². The van der Waals surface area contributed by atoms with E-state index < -0.39 is 0 Å². The molecule has 0 bridgehead atoms. The molecule has 0 aliphatic carbocycles. The average Bonchev–Trinajstić information content (AvgIpc) is 2.81. The van der Waals surface area contributed by atoms with E-state index in [1.165, 1.54) is 27.4 Å². The van der Waals surface area contributed by atoms with Gasteiger partial charge < -0.3 is 23.7 Å². The van der Waals surface area contributed by atoms with Gasteiger partial charge in [-0.3, -0.25) is 4.79 Å². The molecule has 3 aromatic carbocycles. The number of ketones is 1. The number of methoxy groups -OCH3 is 4. The summed E-state index contributed by atoms with van der Waals surface area (Å²) in [5.41, 5.74) is 1.17. The largest absolute Gasteiger partial charge is 0.497 e. The van der Waals surface area contributed by atoms with Gasteiger partial charge in [0.15, 0.2) is 17.3 Å². The lowest BCUT2D eigenvalue weighted by atomic mass is 10.1. The predicted molar refractivity (Wildman–Crippen MR) is 124 cm³/mol. The molecule has 0 atom stereocenters. The summed E-state index contributed by atoms with van der Waals surface area (Å²) in [6, 6.07) is 15.5. The van der Waals surface area contributed by atoms with E-state index in [1.54, 1.807) is 55.7 Å². The Bertz CT molecular complexity index is 1110. The molecule has 0 fully saturated rings. The van der Waals surface area contributed by atoms with Crippen LogP contribution in [0.4, 0.5) is 0 Å². The molecule has 166 valence electrons.